The van der Waals surface area contributed by atoms with Crippen LogP contribution < -0.4 is 5.48 Å². The van der Waals surface area contributed by atoms with E-state index < -0.39 is 0 Å². The lowest BCUT2D eigenvalue weighted by molar-refractivity contribution is 0.274. The van der Waals surface area contributed by atoms with E-state index in [1.807, 2.05) is 19.1 Å². The Morgan fingerprint density at radius 3 is 2.22 bits per heavy atom. The van der Waals surface area contributed by atoms with Gasteiger partial charge in [-0.1, -0.05) is 22.9 Å². The van der Waals surface area contributed by atoms with Gasteiger partial charge in [0.05, 0.1) is 5.69 Å². The van der Waals surface area contributed by atoms with E-state index in [9.17, 15) is 5.21 Å². The first-order chi connectivity index (χ1) is 4.33. The predicted octanol–water partition coefficient (Wildman–Crippen LogP) is 1.75. The summed E-state index contributed by atoms with van der Waals surface area (Å²) >= 11 is 0. The summed E-state index contributed by atoms with van der Waals surface area (Å²) in [5.74, 6) is 0. The van der Waals surface area contributed by atoms with E-state index in [-0.39, 0.29) is 0 Å². The van der Waals surface area contributed by atoms with Crippen molar-refractivity contribution in [1.82, 2.24) is 0 Å². The molecule has 2 nitrogen and oxygen atoms in total. The molecule has 0 saturated heterocycles. The van der Waals surface area contributed by atoms with E-state index in [0.29, 0.717) is 5.69 Å². The van der Waals surface area contributed by atoms with Crippen LogP contribution in [0.5, 0.6) is 0 Å². The predicted molar refractivity (Wildman–Crippen MR) is 35.5 cm³/mol. The minimum Gasteiger partial charge on any atom is -0.233 e. The smallest absolute Gasteiger partial charge is 0.0635 e. The standard InChI is InChI=1S/C7H8NO/c1-6-2-4-7(8-9)5-3-6/h2-5,8H,1H3. The molecule has 0 bridgehead atoms. The van der Waals surface area contributed by atoms with Gasteiger partial charge in [-0.2, -0.15) is 0 Å². The van der Waals surface area contributed by atoms with Crippen molar-refractivity contribution in [3.05, 3.63) is 29.8 Å². The van der Waals surface area contributed by atoms with Gasteiger partial charge in [-0.3, -0.25) is 0 Å². The topological polar surface area (TPSA) is 31.9 Å². The average molecular weight is 122 g/mol. The molecule has 2 heteroatoms. The summed E-state index contributed by atoms with van der Waals surface area (Å²) in [7, 11) is 0. The molecule has 0 fully saturated rings. The second kappa shape index (κ2) is 2.51. The van der Waals surface area contributed by atoms with Crippen LogP contribution in [0.3, 0.4) is 0 Å². The molecule has 0 aromatic heterocycles. The number of rotatable bonds is 1. The Morgan fingerprint density at radius 2 is 1.78 bits per heavy atom. The largest absolute Gasteiger partial charge is 0.233 e. The Hall–Kier alpha value is -1.02. The van der Waals surface area contributed by atoms with Crippen LogP contribution in [-0.2, 0) is 5.21 Å². The fourth-order valence-electron chi connectivity index (χ4n) is 0.622. The summed E-state index contributed by atoms with van der Waals surface area (Å²) in [5, 5.41) is 9.99. The van der Waals surface area contributed by atoms with Crippen LogP contribution >= 0.6 is 0 Å². The van der Waals surface area contributed by atoms with Gasteiger partial charge in [0, 0.05) is 0 Å². The molecule has 47 valence electrons. The van der Waals surface area contributed by atoms with Crippen molar-refractivity contribution in [2.45, 2.75) is 6.92 Å². The molecule has 0 atom stereocenters. The van der Waals surface area contributed by atoms with Crippen LogP contribution in [0.2, 0.25) is 0 Å². The van der Waals surface area contributed by atoms with Crippen LogP contribution in [0, 0.1) is 6.92 Å². The molecule has 1 radical (unpaired) electrons. The molecule has 1 N–H and O–H groups in total. The van der Waals surface area contributed by atoms with Crippen LogP contribution in [0.4, 0.5) is 5.69 Å². The molecule has 0 aliphatic rings. The van der Waals surface area contributed by atoms with Gasteiger partial charge in [0.2, 0.25) is 0 Å². The van der Waals surface area contributed by atoms with Gasteiger partial charge in [-0.15, -0.1) is 0 Å². The van der Waals surface area contributed by atoms with Crippen molar-refractivity contribution in [3.63, 3.8) is 0 Å². The number of hydrogen-bond acceptors (Lipinski definition) is 1. The molecule has 9 heavy (non-hydrogen) atoms. The molecular formula is C7H8NO. The highest BCUT2D eigenvalue weighted by Gasteiger charge is 1.85. The molecule has 0 aliphatic heterocycles. The molecule has 0 spiro atoms. The van der Waals surface area contributed by atoms with Crippen LogP contribution in [0.15, 0.2) is 24.3 Å². The Bertz CT molecular complexity index is 181. The normalized spacial score (nSPS) is 9.11. The van der Waals surface area contributed by atoms with Crippen molar-refractivity contribution in [3.8, 4) is 0 Å². The van der Waals surface area contributed by atoms with E-state index in [1.165, 1.54) is 0 Å². The monoisotopic (exact) mass is 122 g/mol. The summed E-state index contributed by atoms with van der Waals surface area (Å²) in [6.45, 7) is 1.98. The minimum absolute atomic E-state index is 0.612. The van der Waals surface area contributed by atoms with Crippen LogP contribution in [-0.4, -0.2) is 0 Å². The highest BCUT2D eigenvalue weighted by molar-refractivity contribution is 5.41. The first-order valence-corrected chi connectivity index (χ1v) is 2.78. The van der Waals surface area contributed by atoms with Gasteiger partial charge in [0.1, 0.15) is 0 Å². The van der Waals surface area contributed by atoms with Gasteiger partial charge >= 0.3 is 0 Å². The molecule has 0 unspecified atom stereocenters. The third kappa shape index (κ3) is 1.44. The number of benzene rings is 1. The summed E-state index contributed by atoms with van der Waals surface area (Å²) in [6.07, 6.45) is 0. The number of aryl methyl sites for hydroxylation is 1. The van der Waals surface area contributed by atoms with Crippen LogP contribution in [0.25, 0.3) is 0 Å². The first-order valence-electron chi connectivity index (χ1n) is 2.78. The zero-order chi connectivity index (χ0) is 6.69. The van der Waals surface area contributed by atoms with E-state index in [4.69, 9.17) is 0 Å². The molecule has 0 saturated carbocycles. The average Bonchev–Trinajstić information content (AvgIpc) is 1.90. The number of nitrogens with one attached hydrogen (secondary N) is 1. The Kier molecular flexibility index (Phi) is 1.70. The van der Waals surface area contributed by atoms with Gasteiger partial charge in [-0.05, 0) is 19.1 Å². The van der Waals surface area contributed by atoms with Crippen molar-refractivity contribution in [2.75, 3.05) is 5.48 Å². The van der Waals surface area contributed by atoms with Crippen molar-refractivity contribution in [1.29, 1.82) is 0 Å². The summed E-state index contributed by atoms with van der Waals surface area (Å²) in [5.41, 5.74) is 3.58. The molecule has 1 rings (SSSR count). The third-order valence-corrected chi connectivity index (χ3v) is 1.17. The molecule has 0 amide bonds. The summed E-state index contributed by atoms with van der Waals surface area (Å²) in [4.78, 5) is 0. The highest BCUT2D eigenvalue weighted by atomic mass is 16.5. The van der Waals surface area contributed by atoms with Gasteiger partial charge in [-0.25, -0.2) is 5.48 Å². The Morgan fingerprint density at radius 1 is 1.22 bits per heavy atom. The number of hydrogen-bond donors (Lipinski definition) is 1. The van der Waals surface area contributed by atoms with Crippen molar-refractivity contribution in [2.24, 2.45) is 0 Å². The first kappa shape index (κ1) is 6.11. The maximum atomic E-state index is 9.99. The quantitative estimate of drug-likeness (QED) is 0.565. The van der Waals surface area contributed by atoms with Crippen LogP contribution in [0.1, 0.15) is 5.56 Å². The fraction of sp³-hybridized carbons (Fsp3) is 0.143. The molecular weight excluding hydrogens is 114 g/mol. The lowest BCUT2D eigenvalue weighted by Gasteiger charge is -1.94. The third-order valence-electron chi connectivity index (χ3n) is 1.17. The highest BCUT2D eigenvalue weighted by Crippen LogP contribution is 2.06. The lowest BCUT2D eigenvalue weighted by Crippen LogP contribution is -1.84. The maximum absolute atomic E-state index is 9.99. The second-order valence-corrected chi connectivity index (χ2v) is 1.97. The Balaban J connectivity index is 2.88. The van der Waals surface area contributed by atoms with Gasteiger partial charge in [0.25, 0.3) is 0 Å². The molecule has 1 aromatic carbocycles. The Labute approximate surface area is 54.1 Å². The van der Waals surface area contributed by atoms with Gasteiger partial charge in [0.15, 0.2) is 0 Å². The zero-order valence-corrected chi connectivity index (χ0v) is 5.22. The van der Waals surface area contributed by atoms with E-state index in [1.54, 1.807) is 17.6 Å². The van der Waals surface area contributed by atoms with E-state index >= 15 is 0 Å². The zero-order valence-electron chi connectivity index (χ0n) is 5.22. The summed E-state index contributed by atoms with van der Waals surface area (Å²) in [6, 6.07) is 7.28. The van der Waals surface area contributed by atoms with Crippen molar-refractivity contribution >= 4 is 5.69 Å². The second-order valence-electron chi connectivity index (χ2n) is 1.97. The van der Waals surface area contributed by atoms with Crippen molar-refractivity contribution < 1.29 is 5.21 Å². The number of anilines is 1. The van der Waals surface area contributed by atoms with Gasteiger partial charge < -0.3 is 0 Å². The maximum Gasteiger partial charge on any atom is 0.0635 e. The van der Waals surface area contributed by atoms with E-state index in [2.05, 4.69) is 0 Å². The molecule has 0 aliphatic carbocycles. The molecule has 1 aromatic rings. The molecule has 0 heterocycles. The fourth-order valence-corrected chi connectivity index (χ4v) is 0.622. The summed E-state index contributed by atoms with van der Waals surface area (Å²) < 4.78 is 0. The van der Waals surface area contributed by atoms with E-state index in [0.717, 1.165) is 5.56 Å². The minimum atomic E-state index is 0.612. The lowest BCUT2D eigenvalue weighted by atomic mass is 10.2. The SMILES string of the molecule is Cc1ccc(N[O])cc1.